The lowest BCUT2D eigenvalue weighted by Crippen LogP contribution is -2.45. The minimum absolute atomic E-state index is 0.0265. The zero-order valence-corrected chi connectivity index (χ0v) is 17.3. The molecule has 1 unspecified atom stereocenters. The molecule has 2 amide bonds. The monoisotopic (exact) mass is 393 g/mol. The maximum Gasteiger partial charge on any atom is 0.234 e. The summed E-state index contributed by atoms with van der Waals surface area (Å²) in [5, 5.41) is 5.53. The third-order valence-corrected chi connectivity index (χ3v) is 6.37. The Balaban J connectivity index is 1.25. The molecule has 4 rings (SSSR count). The van der Waals surface area contributed by atoms with Crippen LogP contribution < -0.4 is 5.32 Å². The van der Waals surface area contributed by atoms with E-state index in [-0.39, 0.29) is 17.9 Å². The van der Waals surface area contributed by atoms with Crippen molar-refractivity contribution in [2.75, 3.05) is 32.7 Å². The molecule has 2 aromatic carbocycles. The highest BCUT2D eigenvalue weighted by molar-refractivity contribution is 5.83. The molecule has 2 aromatic rings. The van der Waals surface area contributed by atoms with Crippen LogP contribution in [0.25, 0.3) is 10.8 Å². The summed E-state index contributed by atoms with van der Waals surface area (Å²) in [7, 11) is 0. The van der Waals surface area contributed by atoms with E-state index in [1.54, 1.807) is 0 Å². The Morgan fingerprint density at radius 3 is 2.41 bits per heavy atom. The summed E-state index contributed by atoms with van der Waals surface area (Å²) in [6.45, 7) is 5.93. The van der Waals surface area contributed by atoms with E-state index in [9.17, 15) is 9.59 Å². The Kier molecular flexibility index (Phi) is 6.14. The van der Waals surface area contributed by atoms with E-state index in [0.29, 0.717) is 12.5 Å². The summed E-state index contributed by atoms with van der Waals surface area (Å²) in [6, 6.07) is 14.6. The minimum atomic E-state index is -0.0265. The second-order valence-electron chi connectivity index (χ2n) is 8.48. The van der Waals surface area contributed by atoms with Crippen molar-refractivity contribution in [3.05, 3.63) is 48.0 Å². The molecule has 2 aliphatic rings. The first-order chi connectivity index (χ1) is 14.1. The number of hydrogen-bond donors (Lipinski definition) is 1. The van der Waals surface area contributed by atoms with E-state index in [1.807, 2.05) is 24.0 Å². The number of hydrogen-bond acceptors (Lipinski definition) is 3. The number of benzene rings is 2. The molecule has 1 atom stereocenters. The van der Waals surface area contributed by atoms with Gasteiger partial charge < -0.3 is 10.2 Å². The molecular formula is C24H31N3O2. The number of carbonyl (C=O) groups is 2. The Labute approximate surface area is 173 Å². The lowest BCUT2D eigenvalue weighted by Gasteiger charge is -2.33. The highest BCUT2D eigenvalue weighted by Gasteiger charge is 2.30. The molecule has 0 saturated carbocycles. The molecule has 5 nitrogen and oxygen atoms in total. The van der Waals surface area contributed by atoms with Crippen molar-refractivity contribution in [1.82, 2.24) is 15.1 Å². The fraction of sp³-hybridized carbons (Fsp3) is 0.500. The van der Waals surface area contributed by atoms with Gasteiger partial charge in [0.2, 0.25) is 11.8 Å². The summed E-state index contributed by atoms with van der Waals surface area (Å²) in [4.78, 5) is 29.3. The number of piperidine rings is 1. The van der Waals surface area contributed by atoms with Gasteiger partial charge >= 0.3 is 0 Å². The molecular weight excluding hydrogens is 362 g/mol. The Hall–Kier alpha value is -2.40. The number of nitrogens with one attached hydrogen (secondary N) is 1. The van der Waals surface area contributed by atoms with E-state index in [1.165, 1.54) is 10.8 Å². The van der Waals surface area contributed by atoms with Crippen molar-refractivity contribution in [3.8, 4) is 0 Å². The van der Waals surface area contributed by atoms with Gasteiger partial charge in [0.05, 0.1) is 12.6 Å². The van der Waals surface area contributed by atoms with Gasteiger partial charge in [0.25, 0.3) is 0 Å². The van der Waals surface area contributed by atoms with E-state index in [0.717, 1.165) is 57.4 Å². The first-order valence-corrected chi connectivity index (χ1v) is 10.9. The summed E-state index contributed by atoms with van der Waals surface area (Å²) < 4.78 is 0. The zero-order valence-electron chi connectivity index (χ0n) is 17.3. The van der Waals surface area contributed by atoms with Crippen LogP contribution in [0.5, 0.6) is 0 Å². The normalized spacial score (nSPS) is 19.4. The number of amides is 2. The predicted molar refractivity (Wildman–Crippen MR) is 115 cm³/mol. The molecule has 2 heterocycles. The molecule has 2 fully saturated rings. The molecule has 29 heavy (non-hydrogen) atoms. The van der Waals surface area contributed by atoms with Crippen molar-refractivity contribution >= 4 is 22.6 Å². The molecule has 154 valence electrons. The average molecular weight is 394 g/mol. The lowest BCUT2D eigenvalue weighted by molar-refractivity contribution is -0.136. The molecule has 0 radical (unpaired) electrons. The Morgan fingerprint density at radius 2 is 1.69 bits per heavy atom. The fourth-order valence-electron chi connectivity index (χ4n) is 4.58. The standard InChI is InChI=1S/C24H31N3O2/c1-18(21-9-8-19-6-2-3-7-22(19)16-21)25-23(28)17-26-14-10-20(11-15-26)24(29)27-12-4-5-13-27/h2-3,6-9,16,18,20H,4-5,10-15,17H2,1H3,(H,25,28). The van der Waals surface area contributed by atoms with Gasteiger partial charge in [-0.05, 0) is 68.1 Å². The van der Waals surface area contributed by atoms with E-state index >= 15 is 0 Å². The predicted octanol–water partition coefficient (Wildman–Crippen LogP) is 3.35. The summed E-state index contributed by atoms with van der Waals surface area (Å²) >= 11 is 0. The highest BCUT2D eigenvalue weighted by Crippen LogP contribution is 2.23. The van der Waals surface area contributed by atoms with Gasteiger partial charge in [-0.2, -0.15) is 0 Å². The largest absolute Gasteiger partial charge is 0.348 e. The first kappa shape index (κ1) is 19.9. The number of carbonyl (C=O) groups excluding carboxylic acids is 2. The van der Waals surface area contributed by atoms with Crippen LogP contribution in [0.2, 0.25) is 0 Å². The van der Waals surface area contributed by atoms with Crippen molar-refractivity contribution in [1.29, 1.82) is 0 Å². The molecule has 0 aliphatic carbocycles. The summed E-state index contributed by atoms with van der Waals surface area (Å²) in [6.07, 6.45) is 4.01. The van der Waals surface area contributed by atoms with Gasteiger partial charge in [-0.1, -0.05) is 36.4 Å². The summed E-state index contributed by atoms with van der Waals surface area (Å²) in [5.41, 5.74) is 1.12. The molecule has 0 spiro atoms. The number of fused-ring (bicyclic) bond motifs is 1. The van der Waals surface area contributed by atoms with Crippen LogP contribution in [0.1, 0.15) is 44.2 Å². The van der Waals surface area contributed by atoms with Crippen LogP contribution in [-0.4, -0.2) is 54.3 Å². The SMILES string of the molecule is CC(NC(=O)CN1CCC(C(=O)N2CCCC2)CC1)c1ccc2ccccc2c1. The second kappa shape index (κ2) is 8.95. The van der Waals surface area contributed by atoms with Crippen LogP contribution in [0, 0.1) is 5.92 Å². The average Bonchev–Trinajstić information content (AvgIpc) is 3.28. The third kappa shape index (κ3) is 4.78. The van der Waals surface area contributed by atoms with Crippen molar-refractivity contribution in [2.24, 2.45) is 5.92 Å². The van der Waals surface area contributed by atoms with Crippen LogP contribution in [0.15, 0.2) is 42.5 Å². The number of rotatable bonds is 5. The smallest absolute Gasteiger partial charge is 0.234 e. The second-order valence-corrected chi connectivity index (χ2v) is 8.48. The minimum Gasteiger partial charge on any atom is -0.348 e. The molecule has 5 heteroatoms. The van der Waals surface area contributed by atoms with Gasteiger partial charge in [-0.25, -0.2) is 0 Å². The zero-order chi connectivity index (χ0) is 20.2. The van der Waals surface area contributed by atoms with Crippen molar-refractivity contribution in [3.63, 3.8) is 0 Å². The Bertz CT molecular complexity index is 867. The van der Waals surface area contributed by atoms with Gasteiger partial charge in [0.15, 0.2) is 0 Å². The third-order valence-electron chi connectivity index (χ3n) is 6.37. The van der Waals surface area contributed by atoms with Gasteiger partial charge in [-0.15, -0.1) is 0 Å². The fourth-order valence-corrected chi connectivity index (χ4v) is 4.58. The first-order valence-electron chi connectivity index (χ1n) is 10.9. The molecule has 0 bridgehead atoms. The maximum atomic E-state index is 12.6. The van der Waals surface area contributed by atoms with Crippen molar-refractivity contribution in [2.45, 2.75) is 38.6 Å². The topological polar surface area (TPSA) is 52.7 Å². The van der Waals surface area contributed by atoms with E-state index in [2.05, 4.69) is 40.5 Å². The lowest BCUT2D eigenvalue weighted by atomic mass is 9.95. The van der Waals surface area contributed by atoms with E-state index in [4.69, 9.17) is 0 Å². The maximum absolute atomic E-state index is 12.6. The van der Waals surface area contributed by atoms with Gasteiger partial charge in [0.1, 0.15) is 0 Å². The summed E-state index contributed by atoms with van der Waals surface area (Å²) in [5.74, 6) is 0.524. The molecule has 2 aliphatic heterocycles. The number of nitrogens with zero attached hydrogens (tertiary/aromatic N) is 2. The van der Waals surface area contributed by atoms with Crippen LogP contribution in [0.4, 0.5) is 0 Å². The quantitative estimate of drug-likeness (QED) is 0.848. The van der Waals surface area contributed by atoms with Crippen LogP contribution >= 0.6 is 0 Å². The van der Waals surface area contributed by atoms with E-state index < -0.39 is 0 Å². The van der Waals surface area contributed by atoms with Crippen LogP contribution in [0.3, 0.4) is 0 Å². The van der Waals surface area contributed by atoms with Gasteiger partial charge in [-0.3, -0.25) is 14.5 Å². The highest BCUT2D eigenvalue weighted by atomic mass is 16.2. The molecule has 2 saturated heterocycles. The van der Waals surface area contributed by atoms with Crippen molar-refractivity contribution < 1.29 is 9.59 Å². The Morgan fingerprint density at radius 1 is 1.00 bits per heavy atom. The van der Waals surface area contributed by atoms with Gasteiger partial charge in [0, 0.05) is 19.0 Å². The van der Waals surface area contributed by atoms with Crippen LogP contribution in [-0.2, 0) is 9.59 Å². The molecule has 1 N–H and O–H groups in total. The number of likely N-dealkylation sites (tertiary alicyclic amines) is 2. The molecule has 0 aromatic heterocycles.